The third-order valence-electron chi connectivity index (χ3n) is 5.85. The normalized spacial score (nSPS) is 15.9. The van der Waals surface area contributed by atoms with Crippen LogP contribution in [0.2, 0.25) is 0 Å². The van der Waals surface area contributed by atoms with E-state index in [2.05, 4.69) is 5.32 Å². The fourth-order valence-corrected chi connectivity index (χ4v) is 5.13. The van der Waals surface area contributed by atoms with E-state index in [1.165, 1.54) is 30.2 Å². The Balaban J connectivity index is 1.90. The van der Waals surface area contributed by atoms with Gasteiger partial charge in [0, 0.05) is 12.6 Å². The van der Waals surface area contributed by atoms with E-state index in [9.17, 15) is 22.8 Å². The van der Waals surface area contributed by atoms with Gasteiger partial charge in [0.05, 0.1) is 12.7 Å². The van der Waals surface area contributed by atoms with Gasteiger partial charge in [-0.3, -0.25) is 14.4 Å². The number of carbonyl (C=O) groups is 3. The summed E-state index contributed by atoms with van der Waals surface area (Å²) in [6.07, 6.45) is 0.709. The Kier molecular flexibility index (Phi) is 7.61. The molecule has 0 unspecified atom stereocenters. The maximum atomic E-state index is 13.4. The number of sulfonamides is 1. The lowest BCUT2D eigenvalue weighted by molar-refractivity contribution is -0.140. The van der Waals surface area contributed by atoms with Crippen LogP contribution in [0, 0.1) is 0 Å². The highest BCUT2D eigenvalue weighted by Crippen LogP contribution is 2.30. The quantitative estimate of drug-likeness (QED) is 0.580. The third-order valence-corrected chi connectivity index (χ3v) is 7.63. The molecule has 0 fully saturated rings. The highest BCUT2D eigenvalue weighted by atomic mass is 32.2. The van der Waals surface area contributed by atoms with Gasteiger partial charge in [-0.25, -0.2) is 12.7 Å². The standard InChI is InChI=1S/C24H29N3O6S/c1-5-16(2)25-23(29)17(3)26(14-18-9-8-10-19(13-18)33-4)22(28)15-27-24(30)20-11-6-7-12-21(20)34(27,31)32/h6-13,16-17H,5,14-15H2,1-4H3,(H,25,29)/t16-,17-/m0/s1. The molecule has 0 spiro atoms. The molecule has 0 saturated heterocycles. The molecular formula is C24H29N3O6S. The van der Waals surface area contributed by atoms with Gasteiger partial charge in [-0.05, 0) is 50.1 Å². The molecule has 0 aliphatic carbocycles. The molecule has 9 nitrogen and oxygen atoms in total. The third kappa shape index (κ3) is 5.06. The minimum Gasteiger partial charge on any atom is -0.497 e. The highest BCUT2D eigenvalue weighted by Gasteiger charge is 2.43. The van der Waals surface area contributed by atoms with Crippen LogP contribution in [-0.2, 0) is 26.2 Å². The molecule has 2 aromatic rings. The molecule has 3 rings (SSSR count). The Morgan fingerprint density at radius 3 is 2.47 bits per heavy atom. The van der Waals surface area contributed by atoms with Gasteiger partial charge < -0.3 is 15.0 Å². The largest absolute Gasteiger partial charge is 0.497 e. The number of benzene rings is 2. The van der Waals surface area contributed by atoms with Crippen molar-refractivity contribution in [1.82, 2.24) is 14.5 Å². The summed E-state index contributed by atoms with van der Waals surface area (Å²) in [5, 5.41) is 2.85. The van der Waals surface area contributed by atoms with Crippen LogP contribution in [-0.4, -0.2) is 61.1 Å². The van der Waals surface area contributed by atoms with Crippen molar-refractivity contribution in [3.63, 3.8) is 0 Å². The first-order valence-corrected chi connectivity index (χ1v) is 12.4. The molecule has 10 heteroatoms. The van der Waals surface area contributed by atoms with Gasteiger partial charge in [-0.2, -0.15) is 0 Å². The zero-order valence-electron chi connectivity index (χ0n) is 19.6. The maximum Gasteiger partial charge on any atom is 0.269 e. The number of amides is 3. The fourth-order valence-electron chi connectivity index (χ4n) is 3.62. The van der Waals surface area contributed by atoms with Crippen molar-refractivity contribution in [3.05, 3.63) is 59.7 Å². The maximum absolute atomic E-state index is 13.4. The van der Waals surface area contributed by atoms with Gasteiger partial charge in [0.2, 0.25) is 11.8 Å². The van der Waals surface area contributed by atoms with Gasteiger partial charge in [-0.1, -0.05) is 31.2 Å². The minimum absolute atomic E-state index is 0.0252. The Morgan fingerprint density at radius 2 is 1.82 bits per heavy atom. The van der Waals surface area contributed by atoms with Crippen LogP contribution in [0.25, 0.3) is 0 Å². The first kappa shape index (κ1) is 25.2. The Morgan fingerprint density at radius 1 is 1.12 bits per heavy atom. The van der Waals surface area contributed by atoms with E-state index >= 15 is 0 Å². The molecule has 0 radical (unpaired) electrons. The first-order valence-electron chi connectivity index (χ1n) is 11.0. The lowest BCUT2D eigenvalue weighted by atomic mass is 10.1. The number of methoxy groups -OCH3 is 1. The van der Waals surface area contributed by atoms with Crippen molar-refractivity contribution in [2.24, 2.45) is 0 Å². The van der Waals surface area contributed by atoms with Crippen LogP contribution in [0.1, 0.15) is 43.1 Å². The van der Waals surface area contributed by atoms with Crippen molar-refractivity contribution >= 4 is 27.7 Å². The molecule has 1 aliphatic heterocycles. The van der Waals surface area contributed by atoms with Crippen molar-refractivity contribution < 1.29 is 27.5 Å². The van der Waals surface area contributed by atoms with Crippen LogP contribution < -0.4 is 10.1 Å². The van der Waals surface area contributed by atoms with Gasteiger partial charge in [-0.15, -0.1) is 0 Å². The van der Waals surface area contributed by atoms with E-state index in [1.807, 2.05) is 13.8 Å². The second-order valence-corrected chi connectivity index (χ2v) is 10.0. The minimum atomic E-state index is -4.16. The van der Waals surface area contributed by atoms with Gasteiger partial charge in [0.25, 0.3) is 15.9 Å². The number of ether oxygens (including phenoxy) is 1. The molecule has 1 N–H and O–H groups in total. The first-order chi connectivity index (χ1) is 16.1. The fraction of sp³-hybridized carbons (Fsp3) is 0.375. The number of rotatable bonds is 9. The van der Waals surface area contributed by atoms with E-state index < -0.39 is 34.4 Å². The van der Waals surface area contributed by atoms with E-state index in [0.29, 0.717) is 22.0 Å². The van der Waals surface area contributed by atoms with Gasteiger partial charge >= 0.3 is 0 Å². The van der Waals surface area contributed by atoms with E-state index in [1.54, 1.807) is 37.3 Å². The Labute approximate surface area is 199 Å². The number of nitrogens with one attached hydrogen (secondary N) is 1. The summed E-state index contributed by atoms with van der Waals surface area (Å²) >= 11 is 0. The van der Waals surface area contributed by atoms with Crippen LogP contribution >= 0.6 is 0 Å². The van der Waals surface area contributed by atoms with Gasteiger partial charge in [0.15, 0.2) is 0 Å². The number of carbonyl (C=O) groups excluding carboxylic acids is 3. The average Bonchev–Trinajstić information content (AvgIpc) is 3.02. The molecule has 0 saturated carbocycles. The highest BCUT2D eigenvalue weighted by molar-refractivity contribution is 7.90. The topological polar surface area (TPSA) is 113 Å². The second-order valence-electron chi connectivity index (χ2n) is 8.18. The molecular weight excluding hydrogens is 458 g/mol. The second kappa shape index (κ2) is 10.3. The zero-order valence-corrected chi connectivity index (χ0v) is 20.5. The number of hydrogen-bond donors (Lipinski definition) is 1. The van der Waals surface area contributed by atoms with Gasteiger partial charge in [0.1, 0.15) is 23.2 Å². The molecule has 2 atom stereocenters. The number of nitrogens with zero attached hydrogens (tertiary/aromatic N) is 2. The monoisotopic (exact) mass is 487 g/mol. The SMILES string of the molecule is CC[C@H](C)NC(=O)[C@H](C)N(Cc1cccc(OC)c1)C(=O)CN1C(=O)c2ccccc2S1(=O)=O. The molecule has 34 heavy (non-hydrogen) atoms. The van der Waals surface area contributed by atoms with Crippen molar-refractivity contribution in [2.75, 3.05) is 13.7 Å². The molecule has 0 bridgehead atoms. The van der Waals surface area contributed by atoms with Crippen LogP contribution in [0.15, 0.2) is 53.4 Å². The van der Waals surface area contributed by atoms with E-state index in [0.717, 1.165) is 0 Å². The lowest BCUT2D eigenvalue weighted by Crippen LogP contribution is -2.52. The summed E-state index contributed by atoms with van der Waals surface area (Å²) in [5.74, 6) is -1.22. The summed E-state index contributed by atoms with van der Waals surface area (Å²) in [6.45, 7) is 4.67. The smallest absolute Gasteiger partial charge is 0.269 e. The Bertz CT molecular complexity index is 1200. The summed E-state index contributed by atoms with van der Waals surface area (Å²) in [6, 6.07) is 11.8. The van der Waals surface area contributed by atoms with Crippen molar-refractivity contribution in [1.29, 1.82) is 0 Å². The summed E-state index contributed by atoms with van der Waals surface area (Å²) in [5.41, 5.74) is 0.715. The van der Waals surface area contributed by atoms with Crippen LogP contribution in [0.3, 0.4) is 0 Å². The number of hydrogen-bond acceptors (Lipinski definition) is 6. The predicted octanol–water partition coefficient (Wildman–Crippen LogP) is 2.17. The summed E-state index contributed by atoms with van der Waals surface area (Å²) < 4.78 is 31.7. The van der Waals surface area contributed by atoms with Crippen LogP contribution in [0.4, 0.5) is 0 Å². The molecule has 1 heterocycles. The van der Waals surface area contributed by atoms with Crippen LogP contribution in [0.5, 0.6) is 5.75 Å². The molecule has 0 aromatic heterocycles. The average molecular weight is 488 g/mol. The van der Waals surface area contributed by atoms with Crippen molar-refractivity contribution in [3.8, 4) is 5.75 Å². The predicted molar refractivity (Wildman–Crippen MR) is 126 cm³/mol. The van der Waals surface area contributed by atoms with E-state index in [4.69, 9.17) is 4.74 Å². The molecule has 3 amide bonds. The summed E-state index contributed by atoms with van der Waals surface area (Å²) in [4.78, 5) is 40.2. The summed E-state index contributed by atoms with van der Waals surface area (Å²) in [7, 11) is -2.64. The number of fused-ring (bicyclic) bond motifs is 1. The van der Waals surface area contributed by atoms with E-state index in [-0.39, 0.29) is 29.0 Å². The molecule has 182 valence electrons. The zero-order chi connectivity index (χ0) is 25.0. The Hall–Kier alpha value is -3.40. The van der Waals surface area contributed by atoms with Crippen molar-refractivity contribution in [2.45, 2.75) is 50.7 Å². The molecule has 2 aromatic carbocycles. The lowest BCUT2D eigenvalue weighted by Gasteiger charge is -2.31. The molecule has 1 aliphatic rings.